The lowest BCUT2D eigenvalue weighted by Gasteiger charge is -2.44. The summed E-state index contributed by atoms with van der Waals surface area (Å²) in [6.45, 7) is 0. The Balaban J connectivity index is 1.95. The van der Waals surface area contributed by atoms with Crippen molar-refractivity contribution in [2.45, 2.75) is 17.8 Å². The van der Waals surface area contributed by atoms with E-state index in [-0.39, 0.29) is 33.7 Å². The van der Waals surface area contributed by atoms with Crippen molar-refractivity contribution in [1.29, 1.82) is 0 Å². The molecule has 162 valence electrons. The molecule has 1 aliphatic heterocycles. The van der Waals surface area contributed by atoms with Crippen LogP contribution in [0.3, 0.4) is 0 Å². The van der Waals surface area contributed by atoms with E-state index in [4.69, 9.17) is 0 Å². The number of anilines is 1. The molecule has 2 heterocycles. The number of hydrogen-bond acceptors (Lipinski definition) is 3. The highest BCUT2D eigenvalue weighted by atomic mass is 19.4. The molecule has 3 aromatic carbocycles. The number of imidazole rings is 1. The van der Waals surface area contributed by atoms with Crippen molar-refractivity contribution >= 4 is 22.5 Å². The molecule has 4 aromatic rings. The lowest BCUT2D eigenvalue weighted by molar-refractivity contribution is -0.307. The molecule has 0 saturated heterocycles. The van der Waals surface area contributed by atoms with Gasteiger partial charge in [-0.1, -0.05) is 54.6 Å². The first-order valence-electron chi connectivity index (χ1n) is 9.58. The van der Waals surface area contributed by atoms with E-state index in [2.05, 4.69) is 10.3 Å². The Hall–Kier alpha value is -3.75. The molecule has 1 unspecified atom stereocenters. The number of aromatic nitrogens is 2. The number of halogens is 5. The standard InChI is InChI=1S/C23H14F5N3O/c24-22(25,23(26,27)28)21(30-14-8-2-1-3-9-14)19(32)15-10-4-5-11-16(15)20-29-17-12-6-7-13-18(17)31(20)21/h1-13,30H. The van der Waals surface area contributed by atoms with Crippen molar-refractivity contribution in [3.05, 3.63) is 84.4 Å². The average molecular weight is 443 g/mol. The number of para-hydroxylation sites is 3. The third-order valence-electron chi connectivity index (χ3n) is 5.55. The van der Waals surface area contributed by atoms with Crippen molar-refractivity contribution in [2.75, 3.05) is 5.32 Å². The van der Waals surface area contributed by atoms with Gasteiger partial charge in [0, 0.05) is 16.8 Å². The van der Waals surface area contributed by atoms with Gasteiger partial charge in [-0.05, 0) is 24.3 Å². The van der Waals surface area contributed by atoms with Gasteiger partial charge in [0.1, 0.15) is 5.82 Å². The summed E-state index contributed by atoms with van der Waals surface area (Å²) < 4.78 is 73.6. The normalized spacial score (nSPS) is 18.3. The van der Waals surface area contributed by atoms with Gasteiger partial charge in [-0.25, -0.2) is 4.98 Å². The summed E-state index contributed by atoms with van der Waals surface area (Å²) in [5.74, 6) is -7.07. The number of hydrogen-bond donors (Lipinski definition) is 1. The summed E-state index contributed by atoms with van der Waals surface area (Å²) in [5, 5.41) is 2.27. The minimum absolute atomic E-state index is 0.0299. The summed E-state index contributed by atoms with van der Waals surface area (Å²) in [6.07, 6.45) is -6.04. The maximum atomic E-state index is 15.5. The summed E-state index contributed by atoms with van der Waals surface area (Å²) in [4.78, 5) is 18.0. The number of Topliss-reactive ketones (excluding diaryl/α,β-unsaturated/α-hetero) is 1. The van der Waals surface area contributed by atoms with Gasteiger partial charge in [-0.2, -0.15) is 22.0 Å². The number of nitrogens with zero attached hydrogens (tertiary/aromatic N) is 2. The van der Waals surface area contributed by atoms with Crippen LogP contribution >= 0.6 is 0 Å². The highest BCUT2D eigenvalue weighted by Crippen LogP contribution is 2.53. The van der Waals surface area contributed by atoms with E-state index >= 15 is 8.78 Å². The molecule has 5 rings (SSSR count). The molecule has 0 spiro atoms. The predicted molar refractivity (Wildman–Crippen MR) is 109 cm³/mol. The van der Waals surface area contributed by atoms with Crippen LogP contribution in [0, 0.1) is 0 Å². The number of fused-ring (bicyclic) bond motifs is 5. The van der Waals surface area contributed by atoms with Crippen LogP contribution in [-0.2, 0) is 5.66 Å². The fourth-order valence-corrected chi connectivity index (χ4v) is 4.13. The number of carbonyl (C=O) groups is 1. The first kappa shape index (κ1) is 20.2. The zero-order chi connectivity index (χ0) is 22.7. The minimum atomic E-state index is -6.04. The van der Waals surface area contributed by atoms with Gasteiger partial charge in [-0.15, -0.1) is 0 Å². The van der Waals surface area contributed by atoms with Crippen LogP contribution in [0.4, 0.5) is 27.6 Å². The Labute approximate surface area is 178 Å². The van der Waals surface area contributed by atoms with E-state index in [0.29, 0.717) is 4.57 Å². The van der Waals surface area contributed by atoms with Crippen LogP contribution in [-0.4, -0.2) is 27.4 Å². The van der Waals surface area contributed by atoms with E-state index in [1.807, 2.05) is 0 Å². The highest BCUT2D eigenvalue weighted by Gasteiger charge is 2.76. The third kappa shape index (κ3) is 2.54. The molecule has 0 amide bonds. The van der Waals surface area contributed by atoms with Crippen LogP contribution in [0.1, 0.15) is 10.4 Å². The van der Waals surface area contributed by atoms with Crippen LogP contribution in [0.15, 0.2) is 78.9 Å². The summed E-state index contributed by atoms with van der Waals surface area (Å²) >= 11 is 0. The molecule has 1 aliphatic rings. The van der Waals surface area contributed by atoms with Crippen molar-refractivity contribution < 1.29 is 26.7 Å². The second-order valence-electron chi connectivity index (χ2n) is 7.41. The van der Waals surface area contributed by atoms with Gasteiger partial charge in [0.2, 0.25) is 5.78 Å². The van der Waals surface area contributed by atoms with Gasteiger partial charge in [0.05, 0.1) is 11.0 Å². The fourth-order valence-electron chi connectivity index (χ4n) is 4.13. The largest absolute Gasteiger partial charge is 0.458 e. The van der Waals surface area contributed by atoms with Crippen molar-refractivity contribution in [1.82, 2.24) is 9.55 Å². The Morgan fingerprint density at radius 3 is 2.06 bits per heavy atom. The number of nitrogens with one attached hydrogen (secondary N) is 1. The molecule has 1 N–H and O–H groups in total. The topological polar surface area (TPSA) is 46.9 Å². The summed E-state index contributed by atoms with van der Waals surface area (Å²) in [5.41, 5.74) is -3.55. The molecule has 1 atom stereocenters. The van der Waals surface area contributed by atoms with Gasteiger partial charge in [0.25, 0.3) is 5.66 Å². The Morgan fingerprint density at radius 1 is 0.781 bits per heavy atom. The second-order valence-corrected chi connectivity index (χ2v) is 7.41. The Bertz CT molecular complexity index is 1350. The quantitative estimate of drug-likeness (QED) is 0.404. The Morgan fingerprint density at radius 2 is 1.38 bits per heavy atom. The molecule has 1 aromatic heterocycles. The number of alkyl halides is 5. The average Bonchev–Trinajstić information content (AvgIpc) is 3.16. The maximum absolute atomic E-state index is 15.5. The number of carbonyl (C=O) groups excluding carboxylic acids is 1. The van der Waals surface area contributed by atoms with Gasteiger partial charge < -0.3 is 5.32 Å². The number of ketones is 1. The second kappa shape index (κ2) is 6.62. The zero-order valence-corrected chi connectivity index (χ0v) is 16.2. The molecule has 0 bridgehead atoms. The first-order chi connectivity index (χ1) is 15.2. The van der Waals surface area contributed by atoms with E-state index in [9.17, 15) is 18.0 Å². The molecule has 0 saturated carbocycles. The maximum Gasteiger partial charge on any atom is 0.458 e. The molecular formula is C23H14F5N3O. The van der Waals surface area contributed by atoms with Gasteiger partial charge in [-0.3, -0.25) is 9.36 Å². The van der Waals surface area contributed by atoms with Crippen LogP contribution < -0.4 is 5.32 Å². The Kier molecular flexibility index (Phi) is 4.17. The zero-order valence-electron chi connectivity index (χ0n) is 16.2. The highest BCUT2D eigenvalue weighted by molar-refractivity contribution is 6.12. The predicted octanol–water partition coefficient (Wildman–Crippen LogP) is 5.86. The van der Waals surface area contributed by atoms with Gasteiger partial charge >= 0.3 is 12.1 Å². The van der Waals surface area contributed by atoms with E-state index < -0.39 is 23.5 Å². The SMILES string of the molecule is O=C1c2ccccc2-c2nc3ccccc3n2C1(Nc1ccccc1)C(F)(F)C(F)(F)F. The van der Waals surface area contributed by atoms with Crippen molar-refractivity contribution in [2.24, 2.45) is 0 Å². The van der Waals surface area contributed by atoms with Crippen molar-refractivity contribution in [3.8, 4) is 11.4 Å². The number of benzene rings is 3. The van der Waals surface area contributed by atoms with E-state index in [1.54, 1.807) is 18.2 Å². The molecule has 9 heteroatoms. The molecule has 4 nitrogen and oxygen atoms in total. The van der Waals surface area contributed by atoms with Gasteiger partial charge in [0.15, 0.2) is 0 Å². The molecular weight excluding hydrogens is 429 g/mol. The molecule has 32 heavy (non-hydrogen) atoms. The summed E-state index contributed by atoms with van der Waals surface area (Å²) in [7, 11) is 0. The smallest absolute Gasteiger partial charge is 0.351 e. The fraction of sp³-hybridized carbons (Fsp3) is 0.130. The van der Waals surface area contributed by atoms with E-state index in [0.717, 1.165) is 0 Å². The summed E-state index contributed by atoms with van der Waals surface area (Å²) in [6, 6.07) is 18.8. The molecule has 0 fully saturated rings. The number of rotatable bonds is 3. The lowest BCUT2D eigenvalue weighted by Crippen LogP contribution is -2.67. The third-order valence-corrected chi connectivity index (χ3v) is 5.55. The van der Waals surface area contributed by atoms with Crippen molar-refractivity contribution in [3.63, 3.8) is 0 Å². The molecule has 0 radical (unpaired) electrons. The monoisotopic (exact) mass is 443 g/mol. The van der Waals surface area contributed by atoms with Crippen LogP contribution in [0.2, 0.25) is 0 Å². The lowest BCUT2D eigenvalue weighted by atomic mass is 9.84. The van der Waals surface area contributed by atoms with E-state index in [1.165, 1.54) is 60.7 Å². The van der Waals surface area contributed by atoms with Crippen LogP contribution in [0.5, 0.6) is 0 Å². The van der Waals surface area contributed by atoms with Crippen LogP contribution in [0.25, 0.3) is 22.4 Å². The minimum Gasteiger partial charge on any atom is -0.351 e. The first-order valence-corrected chi connectivity index (χ1v) is 9.58. The molecule has 0 aliphatic carbocycles.